The van der Waals surface area contributed by atoms with Gasteiger partial charge in [0, 0.05) is 5.39 Å². The van der Waals surface area contributed by atoms with Crippen LogP contribution in [0.3, 0.4) is 0 Å². The van der Waals surface area contributed by atoms with Crippen molar-refractivity contribution < 1.29 is 5.11 Å². The first-order chi connectivity index (χ1) is 6.18. The van der Waals surface area contributed by atoms with E-state index in [0.29, 0.717) is 0 Å². The number of nitrogens with zero attached hydrogens (tertiary/aromatic N) is 1. The van der Waals surface area contributed by atoms with Crippen molar-refractivity contribution in [2.45, 2.75) is 6.92 Å². The first kappa shape index (κ1) is 8.51. The Morgan fingerprint density at radius 1 is 1.38 bits per heavy atom. The van der Waals surface area contributed by atoms with E-state index in [9.17, 15) is 5.11 Å². The van der Waals surface area contributed by atoms with Gasteiger partial charge in [-0.1, -0.05) is 6.07 Å². The molecule has 0 unspecified atom stereocenters. The molecule has 0 aliphatic carbocycles. The molecule has 2 nitrogen and oxygen atoms in total. The average Bonchev–Trinajstić information content (AvgIpc) is 2.02. The lowest BCUT2D eigenvalue weighted by molar-refractivity contribution is 0.481. The van der Waals surface area contributed by atoms with Crippen molar-refractivity contribution in [2.24, 2.45) is 0 Å². The van der Waals surface area contributed by atoms with E-state index in [2.05, 4.69) is 20.9 Å². The molecule has 0 radical (unpaired) electrons. The highest BCUT2D eigenvalue weighted by Crippen LogP contribution is 2.27. The van der Waals surface area contributed by atoms with Crippen molar-refractivity contribution in [3.63, 3.8) is 0 Å². The summed E-state index contributed by atoms with van der Waals surface area (Å²) in [6.45, 7) is 1.95. The first-order valence-electron chi connectivity index (χ1n) is 3.93. The number of halogens is 1. The molecular formula is C10H8BrNO. The van der Waals surface area contributed by atoms with Crippen molar-refractivity contribution in [2.75, 3.05) is 0 Å². The highest BCUT2D eigenvalue weighted by Gasteiger charge is 2.04. The van der Waals surface area contributed by atoms with E-state index in [1.165, 1.54) is 0 Å². The second kappa shape index (κ2) is 3.00. The summed E-state index contributed by atoms with van der Waals surface area (Å²) < 4.78 is 0.795. The van der Waals surface area contributed by atoms with E-state index in [1.54, 1.807) is 12.1 Å². The van der Waals surface area contributed by atoms with Crippen LogP contribution in [0.2, 0.25) is 0 Å². The maximum absolute atomic E-state index is 9.59. The minimum Gasteiger partial charge on any atom is -0.507 e. The number of aryl methyl sites for hydroxylation is 1. The van der Waals surface area contributed by atoms with Gasteiger partial charge >= 0.3 is 0 Å². The topological polar surface area (TPSA) is 33.1 Å². The zero-order valence-corrected chi connectivity index (χ0v) is 8.67. The zero-order valence-electron chi connectivity index (χ0n) is 7.08. The Hall–Kier alpha value is -1.09. The van der Waals surface area contributed by atoms with Gasteiger partial charge in [-0.25, -0.2) is 4.98 Å². The second-order valence-electron chi connectivity index (χ2n) is 2.93. The zero-order chi connectivity index (χ0) is 9.42. The first-order valence-corrected chi connectivity index (χ1v) is 4.72. The van der Waals surface area contributed by atoms with Gasteiger partial charge in [0.1, 0.15) is 10.4 Å². The summed E-state index contributed by atoms with van der Waals surface area (Å²) in [5.41, 5.74) is 1.84. The lowest BCUT2D eigenvalue weighted by Gasteiger charge is -2.03. The van der Waals surface area contributed by atoms with Gasteiger partial charge in [0.05, 0.1) is 5.52 Å². The Balaban J connectivity index is 2.94. The Kier molecular flexibility index (Phi) is 1.96. The number of rotatable bonds is 0. The van der Waals surface area contributed by atoms with E-state index >= 15 is 0 Å². The molecule has 1 N–H and O–H groups in total. The normalized spacial score (nSPS) is 10.6. The van der Waals surface area contributed by atoms with Crippen LogP contribution in [-0.2, 0) is 0 Å². The summed E-state index contributed by atoms with van der Waals surface area (Å²) in [4.78, 5) is 4.25. The van der Waals surface area contributed by atoms with Crippen LogP contribution in [0.25, 0.3) is 10.9 Å². The van der Waals surface area contributed by atoms with Gasteiger partial charge < -0.3 is 5.11 Å². The number of pyridine rings is 1. The molecule has 0 saturated heterocycles. The lowest BCUT2D eigenvalue weighted by Crippen LogP contribution is -1.84. The number of hydrogen-bond donors (Lipinski definition) is 1. The maximum Gasteiger partial charge on any atom is 0.125 e. The standard InChI is InChI=1S/C10H8BrNO/c1-6-5-9(11)12-7-3-2-4-8(13)10(6)7/h2-5,13H,1H3. The fraction of sp³-hybridized carbons (Fsp3) is 0.100. The fourth-order valence-corrected chi connectivity index (χ4v) is 1.96. The van der Waals surface area contributed by atoms with Crippen LogP contribution < -0.4 is 0 Å². The molecule has 2 rings (SSSR count). The number of fused-ring (bicyclic) bond motifs is 1. The van der Waals surface area contributed by atoms with Crippen LogP contribution in [0.15, 0.2) is 28.9 Å². The van der Waals surface area contributed by atoms with Crippen LogP contribution in [0.4, 0.5) is 0 Å². The molecule has 0 aliphatic heterocycles. The van der Waals surface area contributed by atoms with Crippen molar-refractivity contribution >= 4 is 26.8 Å². The number of benzene rings is 1. The minimum absolute atomic E-state index is 0.287. The van der Waals surface area contributed by atoms with Crippen molar-refractivity contribution in [1.29, 1.82) is 0 Å². The molecule has 2 aromatic rings. The summed E-state index contributed by atoms with van der Waals surface area (Å²) >= 11 is 3.32. The minimum atomic E-state index is 0.287. The monoisotopic (exact) mass is 237 g/mol. The van der Waals surface area contributed by atoms with E-state index in [4.69, 9.17) is 0 Å². The molecule has 0 aliphatic rings. The van der Waals surface area contributed by atoms with Gasteiger partial charge in [0.25, 0.3) is 0 Å². The largest absolute Gasteiger partial charge is 0.507 e. The summed E-state index contributed by atoms with van der Waals surface area (Å²) in [5.74, 6) is 0.287. The van der Waals surface area contributed by atoms with E-state index in [0.717, 1.165) is 21.1 Å². The molecule has 0 bridgehead atoms. The molecule has 1 aromatic heterocycles. The Bertz CT molecular complexity index is 468. The van der Waals surface area contributed by atoms with E-state index in [-0.39, 0.29) is 5.75 Å². The van der Waals surface area contributed by atoms with E-state index < -0.39 is 0 Å². The predicted molar refractivity (Wildman–Crippen MR) is 55.8 cm³/mol. The van der Waals surface area contributed by atoms with Crippen LogP contribution in [-0.4, -0.2) is 10.1 Å². The third-order valence-electron chi connectivity index (χ3n) is 1.98. The number of aromatic nitrogens is 1. The second-order valence-corrected chi connectivity index (χ2v) is 3.75. The fourth-order valence-electron chi connectivity index (χ4n) is 1.42. The van der Waals surface area contributed by atoms with Crippen molar-refractivity contribution in [1.82, 2.24) is 4.98 Å². The van der Waals surface area contributed by atoms with Gasteiger partial charge in [-0.3, -0.25) is 0 Å². The summed E-state index contributed by atoms with van der Waals surface area (Å²) in [6, 6.07) is 7.23. The Labute approximate surface area is 84.4 Å². The SMILES string of the molecule is Cc1cc(Br)nc2cccc(O)c12. The summed E-state index contributed by atoms with van der Waals surface area (Å²) in [6.07, 6.45) is 0. The van der Waals surface area contributed by atoms with E-state index in [1.807, 2.05) is 19.1 Å². The third kappa shape index (κ3) is 1.40. The van der Waals surface area contributed by atoms with Crippen molar-refractivity contribution in [3.8, 4) is 5.75 Å². The summed E-state index contributed by atoms with van der Waals surface area (Å²) in [7, 11) is 0. The highest BCUT2D eigenvalue weighted by atomic mass is 79.9. The molecule has 0 saturated carbocycles. The molecule has 1 heterocycles. The lowest BCUT2D eigenvalue weighted by atomic mass is 10.1. The molecule has 0 amide bonds. The quantitative estimate of drug-likeness (QED) is 0.715. The van der Waals surface area contributed by atoms with Crippen LogP contribution in [0.1, 0.15) is 5.56 Å². The summed E-state index contributed by atoms with van der Waals surface area (Å²) in [5, 5.41) is 10.4. The molecule has 3 heteroatoms. The van der Waals surface area contributed by atoms with Crippen LogP contribution in [0.5, 0.6) is 5.75 Å². The van der Waals surface area contributed by atoms with Gasteiger partial charge in [0.2, 0.25) is 0 Å². The molecule has 13 heavy (non-hydrogen) atoms. The highest BCUT2D eigenvalue weighted by molar-refractivity contribution is 9.10. The number of phenols is 1. The van der Waals surface area contributed by atoms with Gasteiger partial charge in [0.15, 0.2) is 0 Å². The number of phenolic OH excluding ortho intramolecular Hbond substituents is 1. The average molecular weight is 238 g/mol. The van der Waals surface area contributed by atoms with Gasteiger partial charge in [-0.05, 0) is 46.6 Å². The molecule has 66 valence electrons. The molecule has 1 aromatic carbocycles. The van der Waals surface area contributed by atoms with Crippen LogP contribution in [0, 0.1) is 6.92 Å². The molecule has 0 atom stereocenters. The maximum atomic E-state index is 9.59. The molecule has 0 spiro atoms. The number of hydrogen-bond acceptors (Lipinski definition) is 2. The third-order valence-corrected chi connectivity index (χ3v) is 2.38. The van der Waals surface area contributed by atoms with Gasteiger partial charge in [-0.2, -0.15) is 0 Å². The Morgan fingerprint density at radius 3 is 2.92 bits per heavy atom. The molecule has 0 fully saturated rings. The van der Waals surface area contributed by atoms with Gasteiger partial charge in [-0.15, -0.1) is 0 Å². The Morgan fingerprint density at radius 2 is 2.15 bits per heavy atom. The molecular weight excluding hydrogens is 230 g/mol. The number of aromatic hydroxyl groups is 1. The smallest absolute Gasteiger partial charge is 0.125 e. The van der Waals surface area contributed by atoms with Crippen molar-refractivity contribution in [3.05, 3.63) is 34.4 Å². The van der Waals surface area contributed by atoms with Crippen LogP contribution >= 0.6 is 15.9 Å². The predicted octanol–water partition coefficient (Wildman–Crippen LogP) is 3.01.